The Morgan fingerprint density at radius 1 is 1.47 bits per heavy atom. The van der Waals surface area contributed by atoms with Crippen molar-refractivity contribution in [2.24, 2.45) is 0 Å². The summed E-state index contributed by atoms with van der Waals surface area (Å²) in [5, 5.41) is 0.777. The maximum atomic E-state index is 5.75. The Labute approximate surface area is 102 Å². The van der Waals surface area contributed by atoms with E-state index in [2.05, 4.69) is 9.97 Å². The van der Waals surface area contributed by atoms with Crippen LogP contribution in [0.15, 0.2) is 45.3 Å². The monoisotopic (exact) mass is 246 g/mol. The Balaban J connectivity index is 2.11. The van der Waals surface area contributed by atoms with Crippen LogP contribution in [0.1, 0.15) is 5.76 Å². The molecule has 0 saturated carbocycles. The molecule has 0 aliphatic heterocycles. The minimum absolute atomic E-state index is 0.471. The minimum atomic E-state index is 0.471. The van der Waals surface area contributed by atoms with Gasteiger partial charge in [-0.05, 0) is 13.0 Å². The number of aryl methyl sites for hydroxylation is 1. The Kier molecular flexibility index (Phi) is 2.29. The van der Waals surface area contributed by atoms with Crippen LogP contribution < -0.4 is 5.73 Å². The number of rotatable bonds is 2. The van der Waals surface area contributed by atoms with Crippen LogP contribution in [0.2, 0.25) is 0 Å². The van der Waals surface area contributed by atoms with Crippen LogP contribution in [-0.2, 0) is 0 Å². The molecule has 3 rings (SSSR count). The second-order valence-corrected chi connectivity index (χ2v) is 4.60. The van der Waals surface area contributed by atoms with E-state index >= 15 is 0 Å². The molecular formula is C11H10N4OS. The average Bonchev–Trinajstić information content (AvgIpc) is 2.88. The fourth-order valence-corrected chi connectivity index (χ4v) is 2.50. The predicted molar refractivity (Wildman–Crippen MR) is 65.0 cm³/mol. The molecule has 0 saturated heterocycles. The molecule has 0 amide bonds. The third-order valence-corrected chi connectivity index (χ3v) is 3.49. The molecule has 0 unspecified atom stereocenters. The predicted octanol–water partition coefficient (Wildman–Crippen LogP) is 2.36. The van der Waals surface area contributed by atoms with Gasteiger partial charge in [0, 0.05) is 12.4 Å². The number of nitrogen functional groups attached to an aromatic ring is 1. The Morgan fingerprint density at radius 2 is 2.35 bits per heavy atom. The van der Waals surface area contributed by atoms with Gasteiger partial charge in [-0.15, -0.1) is 0 Å². The normalized spacial score (nSPS) is 11.1. The summed E-state index contributed by atoms with van der Waals surface area (Å²) in [6, 6.07) is 1.91. The molecule has 3 heterocycles. The van der Waals surface area contributed by atoms with Crippen molar-refractivity contribution in [2.75, 3.05) is 5.73 Å². The summed E-state index contributed by atoms with van der Waals surface area (Å²) >= 11 is 1.50. The van der Waals surface area contributed by atoms with Crippen molar-refractivity contribution in [3.8, 4) is 0 Å². The summed E-state index contributed by atoms with van der Waals surface area (Å²) in [6.07, 6.45) is 6.98. The molecule has 0 aromatic carbocycles. The molecule has 0 bridgehead atoms. The molecule has 17 heavy (non-hydrogen) atoms. The van der Waals surface area contributed by atoms with E-state index in [9.17, 15) is 0 Å². The number of hydrogen-bond donors (Lipinski definition) is 1. The largest absolute Gasteiger partial charge is 0.468 e. The lowest BCUT2D eigenvalue weighted by molar-refractivity contribution is 0.527. The standard InChI is InChI=1S/C11H10N4OS/c1-7-8(2-5-16-7)17-11-10-13-3-4-15(10)6-9(12)14-11/h2-6H,12H2,1H3. The fraction of sp³-hybridized carbons (Fsp3) is 0.0909. The smallest absolute Gasteiger partial charge is 0.170 e. The average molecular weight is 246 g/mol. The maximum Gasteiger partial charge on any atom is 0.170 e. The number of nitrogens with zero attached hydrogens (tertiary/aromatic N) is 3. The van der Waals surface area contributed by atoms with Gasteiger partial charge in [0.2, 0.25) is 0 Å². The fourth-order valence-electron chi connectivity index (χ4n) is 1.57. The molecule has 0 aliphatic rings. The molecule has 3 aromatic heterocycles. The van der Waals surface area contributed by atoms with Crippen molar-refractivity contribution in [3.63, 3.8) is 0 Å². The molecule has 5 nitrogen and oxygen atoms in total. The number of anilines is 1. The van der Waals surface area contributed by atoms with Gasteiger partial charge in [0.1, 0.15) is 16.6 Å². The first kappa shape index (κ1) is 10.2. The number of nitrogens with two attached hydrogens (primary N) is 1. The lowest BCUT2D eigenvalue weighted by atomic mass is 10.5. The van der Waals surface area contributed by atoms with Crippen LogP contribution >= 0.6 is 11.8 Å². The first-order valence-electron chi connectivity index (χ1n) is 5.05. The van der Waals surface area contributed by atoms with Gasteiger partial charge >= 0.3 is 0 Å². The van der Waals surface area contributed by atoms with E-state index in [0.29, 0.717) is 5.82 Å². The maximum absolute atomic E-state index is 5.75. The molecule has 0 aliphatic carbocycles. The Hall–Kier alpha value is -1.95. The van der Waals surface area contributed by atoms with Gasteiger partial charge in [0.25, 0.3) is 0 Å². The van der Waals surface area contributed by atoms with Gasteiger partial charge in [-0.1, -0.05) is 11.8 Å². The summed E-state index contributed by atoms with van der Waals surface area (Å²) in [6.45, 7) is 1.91. The molecule has 3 aromatic rings. The number of fused-ring (bicyclic) bond motifs is 1. The third kappa shape index (κ3) is 1.76. The van der Waals surface area contributed by atoms with Crippen LogP contribution in [-0.4, -0.2) is 14.4 Å². The summed E-state index contributed by atoms with van der Waals surface area (Å²) < 4.78 is 7.11. The van der Waals surface area contributed by atoms with E-state index in [1.165, 1.54) is 11.8 Å². The van der Waals surface area contributed by atoms with Crippen LogP contribution in [0, 0.1) is 6.92 Å². The quantitative estimate of drug-likeness (QED) is 0.751. The highest BCUT2D eigenvalue weighted by Crippen LogP contribution is 2.32. The highest BCUT2D eigenvalue weighted by atomic mass is 32.2. The van der Waals surface area contributed by atoms with Crippen molar-refractivity contribution in [2.45, 2.75) is 16.8 Å². The molecule has 6 heteroatoms. The van der Waals surface area contributed by atoms with Gasteiger partial charge in [-0.25, -0.2) is 9.97 Å². The van der Waals surface area contributed by atoms with Gasteiger partial charge in [0.05, 0.1) is 17.4 Å². The highest BCUT2D eigenvalue weighted by Gasteiger charge is 2.10. The van der Waals surface area contributed by atoms with E-state index in [0.717, 1.165) is 21.3 Å². The molecular weight excluding hydrogens is 236 g/mol. The first-order chi connectivity index (χ1) is 8.24. The third-order valence-electron chi connectivity index (χ3n) is 2.38. The highest BCUT2D eigenvalue weighted by molar-refractivity contribution is 7.99. The first-order valence-corrected chi connectivity index (χ1v) is 5.87. The lowest BCUT2D eigenvalue weighted by Crippen LogP contribution is -1.97. The topological polar surface area (TPSA) is 69.3 Å². The van der Waals surface area contributed by atoms with Crippen molar-refractivity contribution >= 4 is 23.2 Å². The second-order valence-electron chi connectivity index (χ2n) is 3.57. The molecule has 86 valence electrons. The van der Waals surface area contributed by atoms with E-state index in [4.69, 9.17) is 10.2 Å². The molecule has 0 spiro atoms. The number of imidazole rings is 1. The van der Waals surface area contributed by atoms with Gasteiger partial charge in [-0.2, -0.15) is 0 Å². The van der Waals surface area contributed by atoms with Crippen molar-refractivity contribution in [3.05, 3.63) is 36.7 Å². The summed E-state index contributed by atoms with van der Waals surface area (Å²) in [4.78, 5) is 9.59. The minimum Gasteiger partial charge on any atom is -0.468 e. The van der Waals surface area contributed by atoms with Crippen LogP contribution in [0.25, 0.3) is 5.65 Å². The van der Waals surface area contributed by atoms with Crippen LogP contribution in [0.5, 0.6) is 0 Å². The Bertz CT molecular complexity index is 673. The van der Waals surface area contributed by atoms with Crippen molar-refractivity contribution in [1.82, 2.24) is 14.4 Å². The van der Waals surface area contributed by atoms with Crippen molar-refractivity contribution in [1.29, 1.82) is 0 Å². The van der Waals surface area contributed by atoms with E-state index in [1.54, 1.807) is 18.7 Å². The van der Waals surface area contributed by atoms with Gasteiger partial charge in [-0.3, -0.25) is 0 Å². The summed E-state index contributed by atoms with van der Waals surface area (Å²) in [5.74, 6) is 1.34. The zero-order chi connectivity index (χ0) is 11.8. The van der Waals surface area contributed by atoms with E-state index < -0.39 is 0 Å². The molecule has 0 atom stereocenters. The van der Waals surface area contributed by atoms with Crippen molar-refractivity contribution < 1.29 is 4.42 Å². The van der Waals surface area contributed by atoms with Crippen LogP contribution in [0.4, 0.5) is 5.82 Å². The van der Waals surface area contributed by atoms with Crippen LogP contribution in [0.3, 0.4) is 0 Å². The molecule has 0 radical (unpaired) electrons. The molecule has 2 N–H and O–H groups in total. The van der Waals surface area contributed by atoms with E-state index in [-0.39, 0.29) is 0 Å². The lowest BCUT2D eigenvalue weighted by Gasteiger charge is -2.03. The summed E-state index contributed by atoms with van der Waals surface area (Å²) in [7, 11) is 0. The van der Waals surface area contributed by atoms with E-state index in [1.807, 2.05) is 23.6 Å². The second kappa shape index (κ2) is 3.81. The Morgan fingerprint density at radius 3 is 3.12 bits per heavy atom. The number of furan rings is 1. The summed E-state index contributed by atoms with van der Waals surface area (Å²) in [5.41, 5.74) is 6.55. The zero-order valence-corrected chi connectivity index (χ0v) is 9.94. The molecule has 0 fully saturated rings. The number of hydrogen-bond acceptors (Lipinski definition) is 5. The SMILES string of the molecule is Cc1occc1Sc1nc(N)cn2ccnc12. The zero-order valence-electron chi connectivity index (χ0n) is 9.12. The van der Waals surface area contributed by atoms with Gasteiger partial charge < -0.3 is 14.6 Å². The number of aromatic nitrogens is 3. The van der Waals surface area contributed by atoms with Gasteiger partial charge in [0.15, 0.2) is 5.65 Å².